The van der Waals surface area contributed by atoms with Crippen LogP contribution in [0.4, 0.5) is 20.4 Å². The number of aromatic nitrogens is 2. The van der Waals surface area contributed by atoms with Crippen LogP contribution in [0.2, 0.25) is 0 Å². The highest BCUT2D eigenvalue weighted by molar-refractivity contribution is 6.03. The number of hydrogen-bond donors (Lipinski definition) is 2. The van der Waals surface area contributed by atoms with Crippen molar-refractivity contribution in [2.75, 3.05) is 17.2 Å². The number of carbonyl (C=O) groups is 1. The molecule has 0 aliphatic heterocycles. The van der Waals surface area contributed by atoms with Crippen molar-refractivity contribution in [1.82, 2.24) is 9.97 Å². The molecule has 7 heteroatoms. The monoisotopic (exact) mass is 320 g/mol. The van der Waals surface area contributed by atoms with Crippen molar-refractivity contribution in [2.24, 2.45) is 5.92 Å². The highest BCUT2D eigenvalue weighted by Crippen LogP contribution is 2.16. The van der Waals surface area contributed by atoms with Crippen molar-refractivity contribution in [3.05, 3.63) is 47.8 Å². The summed E-state index contributed by atoms with van der Waals surface area (Å²) in [6, 6.07) is 2.93. The van der Waals surface area contributed by atoms with E-state index in [0.717, 1.165) is 25.1 Å². The van der Waals surface area contributed by atoms with E-state index in [9.17, 15) is 13.6 Å². The first-order valence-corrected chi connectivity index (χ1v) is 7.28. The van der Waals surface area contributed by atoms with Crippen LogP contribution >= 0.6 is 0 Å². The normalized spacial score (nSPS) is 10.7. The van der Waals surface area contributed by atoms with Gasteiger partial charge in [0.05, 0.1) is 11.3 Å². The van der Waals surface area contributed by atoms with E-state index in [1.54, 1.807) is 0 Å². The van der Waals surface area contributed by atoms with Gasteiger partial charge in [-0.2, -0.15) is 0 Å². The van der Waals surface area contributed by atoms with E-state index in [-0.39, 0.29) is 11.3 Å². The number of nitrogens with zero attached hydrogens (tertiary/aromatic N) is 2. The van der Waals surface area contributed by atoms with E-state index in [2.05, 4.69) is 34.4 Å². The van der Waals surface area contributed by atoms with Crippen LogP contribution < -0.4 is 10.6 Å². The van der Waals surface area contributed by atoms with E-state index >= 15 is 0 Å². The van der Waals surface area contributed by atoms with Crippen molar-refractivity contribution >= 4 is 17.5 Å². The van der Waals surface area contributed by atoms with Crippen LogP contribution in [-0.4, -0.2) is 22.4 Å². The van der Waals surface area contributed by atoms with E-state index in [0.29, 0.717) is 17.9 Å². The number of amides is 1. The van der Waals surface area contributed by atoms with Crippen molar-refractivity contribution < 1.29 is 13.6 Å². The average molecular weight is 320 g/mol. The molecular weight excluding hydrogens is 302 g/mol. The Labute approximate surface area is 133 Å². The SMILES string of the molecule is CC(C)CCNc1ncc(C(=O)Nc2ccc(F)cc2F)cn1. The summed E-state index contributed by atoms with van der Waals surface area (Å²) in [4.78, 5) is 20.1. The summed E-state index contributed by atoms with van der Waals surface area (Å²) in [6.07, 6.45) is 3.68. The summed E-state index contributed by atoms with van der Waals surface area (Å²) >= 11 is 0. The molecule has 1 aromatic heterocycles. The molecule has 0 unspecified atom stereocenters. The standard InChI is InChI=1S/C16H18F2N4O/c1-10(2)5-6-19-16-20-8-11(9-21-16)15(23)22-14-4-3-12(17)7-13(14)18/h3-4,7-10H,5-6H2,1-2H3,(H,22,23)(H,19,20,21). The maximum atomic E-state index is 13.5. The fourth-order valence-corrected chi connectivity index (χ4v) is 1.79. The average Bonchev–Trinajstić information content (AvgIpc) is 2.50. The Morgan fingerprint density at radius 2 is 1.91 bits per heavy atom. The van der Waals surface area contributed by atoms with Gasteiger partial charge in [0, 0.05) is 25.0 Å². The van der Waals surface area contributed by atoms with Crippen molar-refractivity contribution in [3.8, 4) is 0 Å². The maximum Gasteiger partial charge on any atom is 0.258 e. The Morgan fingerprint density at radius 3 is 2.52 bits per heavy atom. The smallest absolute Gasteiger partial charge is 0.258 e. The van der Waals surface area contributed by atoms with E-state index in [4.69, 9.17) is 0 Å². The molecule has 1 aromatic carbocycles. The first kappa shape index (κ1) is 16.8. The van der Waals surface area contributed by atoms with Crippen molar-refractivity contribution in [1.29, 1.82) is 0 Å². The van der Waals surface area contributed by atoms with Gasteiger partial charge in [-0.15, -0.1) is 0 Å². The molecule has 0 aliphatic rings. The largest absolute Gasteiger partial charge is 0.354 e. The minimum Gasteiger partial charge on any atom is -0.354 e. The van der Waals surface area contributed by atoms with Gasteiger partial charge in [0.2, 0.25) is 5.95 Å². The molecular formula is C16H18F2N4O. The third kappa shape index (κ3) is 4.98. The number of nitrogens with one attached hydrogen (secondary N) is 2. The van der Waals surface area contributed by atoms with Gasteiger partial charge >= 0.3 is 0 Å². The Morgan fingerprint density at radius 1 is 1.22 bits per heavy atom. The summed E-state index contributed by atoms with van der Waals surface area (Å²) in [5, 5.41) is 5.40. The van der Waals surface area contributed by atoms with Crippen LogP contribution in [0.15, 0.2) is 30.6 Å². The number of hydrogen-bond acceptors (Lipinski definition) is 4. The Hall–Kier alpha value is -2.57. The maximum absolute atomic E-state index is 13.5. The highest BCUT2D eigenvalue weighted by Gasteiger charge is 2.11. The lowest BCUT2D eigenvalue weighted by Crippen LogP contribution is -2.15. The summed E-state index contributed by atoms with van der Waals surface area (Å²) < 4.78 is 26.3. The van der Waals surface area contributed by atoms with E-state index in [1.165, 1.54) is 12.4 Å². The van der Waals surface area contributed by atoms with Crippen LogP contribution in [0.3, 0.4) is 0 Å². The zero-order valence-corrected chi connectivity index (χ0v) is 12.9. The van der Waals surface area contributed by atoms with Crippen LogP contribution in [0.25, 0.3) is 0 Å². The van der Waals surface area contributed by atoms with Crippen LogP contribution in [0.1, 0.15) is 30.6 Å². The van der Waals surface area contributed by atoms with Crippen LogP contribution in [-0.2, 0) is 0 Å². The molecule has 122 valence electrons. The van der Waals surface area contributed by atoms with E-state index in [1.807, 2.05) is 0 Å². The van der Waals surface area contributed by atoms with Crippen LogP contribution in [0, 0.1) is 17.6 Å². The van der Waals surface area contributed by atoms with Gasteiger partial charge in [-0.05, 0) is 24.5 Å². The Balaban J connectivity index is 1.97. The molecule has 1 amide bonds. The molecule has 0 fully saturated rings. The molecule has 0 atom stereocenters. The fraction of sp³-hybridized carbons (Fsp3) is 0.312. The van der Waals surface area contributed by atoms with Gasteiger partial charge in [0.1, 0.15) is 11.6 Å². The second kappa shape index (κ2) is 7.62. The van der Waals surface area contributed by atoms with Gasteiger partial charge < -0.3 is 10.6 Å². The van der Waals surface area contributed by atoms with Gasteiger partial charge in [-0.1, -0.05) is 13.8 Å². The fourth-order valence-electron chi connectivity index (χ4n) is 1.79. The molecule has 5 nitrogen and oxygen atoms in total. The number of carbonyl (C=O) groups excluding carboxylic acids is 1. The molecule has 0 saturated heterocycles. The first-order chi connectivity index (χ1) is 11.0. The zero-order valence-electron chi connectivity index (χ0n) is 12.9. The molecule has 2 rings (SSSR count). The number of anilines is 2. The molecule has 0 aliphatic carbocycles. The minimum absolute atomic E-state index is 0.101. The quantitative estimate of drug-likeness (QED) is 0.855. The Bertz CT molecular complexity index is 674. The lowest BCUT2D eigenvalue weighted by atomic mass is 10.1. The highest BCUT2D eigenvalue weighted by atomic mass is 19.1. The predicted molar refractivity (Wildman–Crippen MR) is 84.3 cm³/mol. The lowest BCUT2D eigenvalue weighted by molar-refractivity contribution is 0.102. The molecule has 0 saturated carbocycles. The second-order valence-electron chi connectivity index (χ2n) is 5.48. The molecule has 2 N–H and O–H groups in total. The van der Waals surface area contributed by atoms with Gasteiger partial charge in [-0.25, -0.2) is 18.7 Å². The molecule has 2 aromatic rings. The van der Waals surface area contributed by atoms with Gasteiger partial charge in [-0.3, -0.25) is 4.79 Å². The summed E-state index contributed by atoms with van der Waals surface area (Å²) in [5.41, 5.74) is 0.0821. The molecule has 0 spiro atoms. The zero-order chi connectivity index (χ0) is 16.8. The summed E-state index contributed by atoms with van der Waals surface area (Å²) in [7, 11) is 0. The molecule has 23 heavy (non-hydrogen) atoms. The third-order valence-electron chi connectivity index (χ3n) is 3.10. The summed E-state index contributed by atoms with van der Waals surface area (Å²) in [5.74, 6) is -1.12. The number of halogens is 2. The molecule has 0 bridgehead atoms. The second-order valence-corrected chi connectivity index (χ2v) is 5.48. The topological polar surface area (TPSA) is 66.9 Å². The summed E-state index contributed by atoms with van der Waals surface area (Å²) in [6.45, 7) is 4.97. The molecule has 0 radical (unpaired) electrons. The third-order valence-corrected chi connectivity index (χ3v) is 3.10. The van der Waals surface area contributed by atoms with Crippen molar-refractivity contribution in [2.45, 2.75) is 20.3 Å². The predicted octanol–water partition coefficient (Wildman–Crippen LogP) is 3.47. The van der Waals surface area contributed by atoms with Gasteiger partial charge in [0.15, 0.2) is 0 Å². The number of benzene rings is 1. The Kier molecular flexibility index (Phi) is 5.56. The van der Waals surface area contributed by atoms with Crippen LogP contribution in [0.5, 0.6) is 0 Å². The molecule has 1 heterocycles. The first-order valence-electron chi connectivity index (χ1n) is 7.28. The lowest BCUT2D eigenvalue weighted by Gasteiger charge is -2.08. The van der Waals surface area contributed by atoms with Gasteiger partial charge in [0.25, 0.3) is 5.91 Å². The number of rotatable bonds is 6. The minimum atomic E-state index is -0.841. The van der Waals surface area contributed by atoms with Crippen molar-refractivity contribution in [3.63, 3.8) is 0 Å². The van der Waals surface area contributed by atoms with E-state index < -0.39 is 17.5 Å².